The fraction of sp³-hybridized carbons (Fsp3) is 0.562. The summed E-state index contributed by atoms with van der Waals surface area (Å²) in [7, 11) is 2.11. The van der Waals surface area contributed by atoms with Gasteiger partial charge in [0.25, 0.3) is 0 Å². The molecular formula is C16H19FN2O. The molecule has 0 aromatic heterocycles. The van der Waals surface area contributed by atoms with Crippen LogP contribution in [0.15, 0.2) is 18.2 Å². The number of piperidine rings is 2. The maximum absolute atomic E-state index is 13.6. The minimum Gasteiger partial charge on any atom is -0.385 e. The summed E-state index contributed by atoms with van der Waals surface area (Å²) >= 11 is 0. The lowest BCUT2D eigenvalue weighted by Crippen LogP contribution is -2.55. The molecule has 3 rings (SSSR count). The van der Waals surface area contributed by atoms with E-state index >= 15 is 0 Å². The third-order valence-corrected chi connectivity index (χ3v) is 4.94. The Labute approximate surface area is 118 Å². The predicted molar refractivity (Wildman–Crippen MR) is 73.4 cm³/mol. The van der Waals surface area contributed by atoms with Gasteiger partial charge >= 0.3 is 0 Å². The Bertz CT molecular complexity index is 552. The first-order valence-corrected chi connectivity index (χ1v) is 7.17. The van der Waals surface area contributed by atoms with Crippen LogP contribution in [0.5, 0.6) is 0 Å². The third-order valence-electron chi connectivity index (χ3n) is 4.94. The summed E-state index contributed by atoms with van der Waals surface area (Å²) in [6.45, 7) is 0. The number of halogens is 1. The lowest BCUT2D eigenvalue weighted by atomic mass is 9.72. The minimum atomic E-state index is -1.00. The van der Waals surface area contributed by atoms with E-state index in [0.29, 0.717) is 30.5 Å². The van der Waals surface area contributed by atoms with Crippen molar-refractivity contribution in [2.75, 3.05) is 7.05 Å². The molecule has 0 spiro atoms. The van der Waals surface area contributed by atoms with Crippen molar-refractivity contribution < 1.29 is 9.50 Å². The summed E-state index contributed by atoms with van der Waals surface area (Å²) in [4.78, 5) is 2.35. The fourth-order valence-corrected chi connectivity index (χ4v) is 3.81. The van der Waals surface area contributed by atoms with E-state index in [-0.39, 0.29) is 5.56 Å². The Hall–Kier alpha value is -1.44. The smallest absolute Gasteiger partial charge is 0.124 e. The van der Waals surface area contributed by atoms with Crippen molar-refractivity contribution in [2.24, 2.45) is 0 Å². The number of nitrogens with zero attached hydrogens (tertiary/aromatic N) is 2. The zero-order valence-electron chi connectivity index (χ0n) is 11.6. The van der Waals surface area contributed by atoms with Crippen LogP contribution < -0.4 is 0 Å². The largest absolute Gasteiger partial charge is 0.385 e. The van der Waals surface area contributed by atoms with E-state index in [1.807, 2.05) is 6.07 Å². The second-order valence-corrected chi connectivity index (χ2v) is 6.18. The lowest BCUT2D eigenvalue weighted by Gasteiger charge is -2.50. The van der Waals surface area contributed by atoms with Crippen LogP contribution in [0.1, 0.15) is 43.2 Å². The quantitative estimate of drug-likeness (QED) is 0.856. The molecule has 1 N–H and O–H groups in total. The molecule has 2 saturated heterocycles. The van der Waals surface area contributed by atoms with E-state index in [9.17, 15) is 9.50 Å². The molecule has 20 heavy (non-hydrogen) atoms. The summed E-state index contributed by atoms with van der Waals surface area (Å²) < 4.78 is 13.6. The van der Waals surface area contributed by atoms with E-state index in [0.717, 1.165) is 12.8 Å². The van der Waals surface area contributed by atoms with Gasteiger partial charge in [-0.2, -0.15) is 5.26 Å². The molecule has 0 aliphatic carbocycles. The van der Waals surface area contributed by atoms with Gasteiger partial charge < -0.3 is 10.0 Å². The van der Waals surface area contributed by atoms with Gasteiger partial charge in [0.1, 0.15) is 5.82 Å². The highest BCUT2D eigenvalue weighted by molar-refractivity contribution is 5.37. The maximum atomic E-state index is 13.6. The highest BCUT2D eigenvalue weighted by atomic mass is 19.1. The van der Waals surface area contributed by atoms with E-state index in [2.05, 4.69) is 11.9 Å². The Morgan fingerprint density at radius 1 is 1.30 bits per heavy atom. The van der Waals surface area contributed by atoms with E-state index in [1.54, 1.807) is 6.07 Å². The standard InChI is InChI=1S/C16H19FN2O/c1-19-14-3-2-4-15(19)9-16(20,8-14)12-5-11(10-18)6-13(17)7-12/h5-7,14-15,20H,2-4,8-9H2,1H3. The summed E-state index contributed by atoms with van der Waals surface area (Å²) in [5.41, 5.74) is -0.174. The van der Waals surface area contributed by atoms with E-state index < -0.39 is 11.4 Å². The van der Waals surface area contributed by atoms with Gasteiger partial charge in [-0.1, -0.05) is 6.42 Å². The third kappa shape index (κ3) is 2.21. The summed E-state index contributed by atoms with van der Waals surface area (Å²) in [5.74, 6) is -0.448. The second-order valence-electron chi connectivity index (χ2n) is 6.18. The van der Waals surface area contributed by atoms with Crippen LogP contribution in [0.25, 0.3) is 0 Å². The fourth-order valence-electron chi connectivity index (χ4n) is 3.81. The highest BCUT2D eigenvalue weighted by Gasteiger charge is 2.45. The van der Waals surface area contributed by atoms with Crippen LogP contribution in [0.3, 0.4) is 0 Å². The van der Waals surface area contributed by atoms with Crippen LogP contribution in [0.4, 0.5) is 4.39 Å². The van der Waals surface area contributed by atoms with Crippen LogP contribution >= 0.6 is 0 Å². The average Bonchev–Trinajstić information content (AvgIpc) is 2.40. The topological polar surface area (TPSA) is 47.3 Å². The Kier molecular flexibility index (Phi) is 3.27. The lowest BCUT2D eigenvalue weighted by molar-refractivity contribution is -0.0876. The molecule has 0 radical (unpaired) electrons. The molecule has 2 fully saturated rings. The first-order valence-electron chi connectivity index (χ1n) is 7.17. The number of hydrogen-bond donors (Lipinski definition) is 1. The van der Waals surface area contributed by atoms with Gasteiger partial charge in [-0.3, -0.25) is 0 Å². The van der Waals surface area contributed by atoms with Crippen LogP contribution in [0.2, 0.25) is 0 Å². The first kappa shape index (κ1) is 13.5. The molecule has 0 saturated carbocycles. The zero-order valence-corrected chi connectivity index (χ0v) is 11.6. The molecule has 3 nitrogen and oxygen atoms in total. The number of benzene rings is 1. The Morgan fingerprint density at radius 2 is 1.95 bits per heavy atom. The van der Waals surface area contributed by atoms with Gasteiger partial charge in [-0.15, -0.1) is 0 Å². The maximum Gasteiger partial charge on any atom is 0.124 e. The summed E-state index contributed by atoms with van der Waals surface area (Å²) in [6.07, 6.45) is 4.59. The average molecular weight is 274 g/mol. The number of rotatable bonds is 1. The summed E-state index contributed by atoms with van der Waals surface area (Å²) in [6, 6.07) is 6.88. The van der Waals surface area contributed by atoms with Gasteiger partial charge in [0.05, 0.1) is 17.2 Å². The van der Waals surface area contributed by atoms with Crippen molar-refractivity contribution in [3.63, 3.8) is 0 Å². The predicted octanol–water partition coefficient (Wildman–Crippen LogP) is 2.53. The number of aliphatic hydroxyl groups is 1. The van der Waals surface area contributed by atoms with E-state index in [1.165, 1.54) is 18.6 Å². The summed E-state index contributed by atoms with van der Waals surface area (Å²) in [5, 5.41) is 20.0. The number of hydrogen-bond acceptors (Lipinski definition) is 3. The SMILES string of the molecule is CN1C2CCCC1CC(O)(c1cc(F)cc(C#N)c1)C2. The molecule has 2 bridgehead atoms. The Balaban J connectivity index is 1.97. The van der Waals surface area contributed by atoms with Crippen molar-refractivity contribution in [1.82, 2.24) is 4.90 Å². The molecule has 4 heteroatoms. The minimum absolute atomic E-state index is 0.275. The van der Waals surface area contributed by atoms with Gasteiger partial charge in [-0.05, 0) is 56.5 Å². The molecule has 106 valence electrons. The number of nitriles is 1. The monoisotopic (exact) mass is 274 g/mol. The van der Waals surface area contributed by atoms with Crippen LogP contribution in [0, 0.1) is 17.1 Å². The van der Waals surface area contributed by atoms with Gasteiger partial charge in [0.2, 0.25) is 0 Å². The molecule has 0 amide bonds. The molecule has 1 aromatic carbocycles. The molecule has 1 aromatic rings. The van der Waals surface area contributed by atoms with Crippen molar-refractivity contribution in [2.45, 2.75) is 49.8 Å². The van der Waals surface area contributed by atoms with Gasteiger partial charge in [-0.25, -0.2) is 4.39 Å². The first-order chi connectivity index (χ1) is 9.51. The van der Waals surface area contributed by atoms with Crippen molar-refractivity contribution in [1.29, 1.82) is 5.26 Å². The van der Waals surface area contributed by atoms with Crippen LogP contribution in [-0.4, -0.2) is 29.1 Å². The van der Waals surface area contributed by atoms with Crippen molar-refractivity contribution in [3.05, 3.63) is 35.1 Å². The normalized spacial score (nSPS) is 33.7. The van der Waals surface area contributed by atoms with Gasteiger partial charge in [0, 0.05) is 12.1 Å². The zero-order chi connectivity index (χ0) is 14.3. The highest BCUT2D eigenvalue weighted by Crippen LogP contribution is 2.43. The van der Waals surface area contributed by atoms with Crippen LogP contribution in [-0.2, 0) is 5.60 Å². The molecule has 2 aliphatic rings. The van der Waals surface area contributed by atoms with Gasteiger partial charge in [0.15, 0.2) is 0 Å². The molecule has 2 heterocycles. The number of fused-ring (bicyclic) bond motifs is 2. The molecule has 2 atom stereocenters. The Morgan fingerprint density at radius 3 is 2.55 bits per heavy atom. The van der Waals surface area contributed by atoms with Crippen molar-refractivity contribution in [3.8, 4) is 6.07 Å². The molecule has 2 aliphatic heterocycles. The molecule has 2 unspecified atom stereocenters. The second kappa shape index (κ2) is 4.83. The van der Waals surface area contributed by atoms with Crippen molar-refractivity contribution >= 4 is 0 Å². The van der Waals surface area contributed by atoms with E-state index in [4.69, 9.17) is 5.26 Å². The molecular weight excluding hydrogens is 255 g/mol.